The Morgan fingerprint density at radius 1 is 1.40 bits per heavy atom. The van der Waals surface area contributed by atoms with Crippen LogP contribution in [0.4, 0.5) is 4.39 Å². The number of esters is 1. The van der Waals surface area contributed by atoms with E-state index < -0.39 is 17.3 Å². The molecule has 7 nitrogen and oxygen atoms in total. The van der Waals surface area contributed by atoms with Gasteiger partial charge < -0.3 is 14.5 Å². The van der Waals surface area contributed by atoms with Crippen LogP contribution in [0.3, 0.4) is 0 Å². The topological polar surface area (TPSA) is 85.7 Å². The molecule has 2 heterocycles. The molecular weight excluding hydrogens is 353 g/mol. The van der Waals surface area contributed by atoms with Gasteiger partial charge in [0.15, 0.2) is 5.69 Å². The third-order valence-corrected chi connectivity index (χ3v) is 3.93. The highest BCUT2D eigenvalue weighted by atomic mass is 35.5. The Bertz CT molecular complexity index is 1030. The number of carbonyl (C=O) groups is 1. The van der Waals surface area contributed by atoms with Crippen molar-refractivity contribution < 1.29 is 18.7 Å². The Morgan fingerprint density at radius 2 is 2.16 bits per heavy atom. The van der Waals surface area contributed by atoms with E-state index in [0.717, 1.165) is 0 Å². The maximum absolute atomic E-state index is 13.7. The first-order valence-electron chi connectivity index (χ1n) is 7.13. The Kier molecular flexibility index (Phi) is 4.56. The van der Waals surface area contributed by atoms with Crippen LogP contribution in [0.5, 0.6) is 0 Å². The van der Waals surface area contributed by atoms with E-state index in [0.29, 0.717) is 16.8 Å². The first-order chi connectivity index (χ1) is 12.0. The highest BCUT2D eigenvalue weighted by Gasteiger charge is 2.22. The molecule has 0 aliphatic rings. The highest BCUT2D eigenvalue weighted by Crippen LogP contribution is 2.23. The number of fused-ring (bicyclic) bond motifs is 1. The van der Waals surface area contributed by atoms with Gasteiger partial charge in [0.1, 0.15) is 11.3 Å². The molecular formula is C16H13ClFN3O4. The molecule has 0 aliphatic carbocycles. The van der Waals surface area contributed by atoms with Crippen LogP contribution in [0.1, 0.15) is 16.1 Å². The zero-order valence-corrected chi connectivity index (χ0v) is 14.1. The maximum atomic E-state index is 13.7. The maximum Gasteiger partial charge on any atom is 0.358 e. The first-order valence-corrected chi connectivity index (χ1v) is 7.51. The second-order valence-electron chi connectivity index (χ2n) is 5.17. The second kappa shape index (κ2) is 6.66. The van der Waals surface area contributed by atoms with Gasteiger partial charge >= 0.3 is 5.97 Å². The minimum Gasteiger partial charge on any atom is -0.464 e. The van der Waals surface area contributed by atoms with Gasteiger partial charge in [-0.05, 0) is 12.1 Å². The number of halogens is 2. The van der Waals surface area contributed by atoms with Crippen LogP contribution < -0.4 is 5.56 Å². The molecule has 0 amide bonds. The predicted octanol–water partition coefficient (Wildman–Crippen LogP) is 2.42. The summed E-state index contributed by atoms with van der Waals surface area (Å²) in [5, 5.41) is 4.09. The third-order valence-electron chi connectivity index (χ3n) is 3.62. The minimum absolute atomic E-state index is 0.00589. The molecule has 3 rings (SSSR count). The van der Waals surface area contributed by atoms with Crippen molar-refractivity contribution in [3.63, 3.8) is 0 Å². The molecule has 0 radical (unpaired) electrons. The summed E-state index contributed by atoms with van der Waals surface area (Å²) in [5.74, 6) is -1.30. The Hall–Kier alpha value is -2.71. The van der Waals surface area contributed by atoms with Gasteiger partial charge in [0, 0.05) is 18.2 Å². The highest BCUT2D eigenvalue weighted by molar-refractivity contribution is 6.30. The van der Waals surface area contributed by atoms with Crippen molar-refractivity contribution in [2.45, 2.75) is 6.61 Å². The van der Waals surface area contributed by atoms with Gasteiger partial charge in [-0.1, -0.05) is 17.7 Å². The van der Waals surface area contributed by atoms with Gasteiger partial charge in [0.2, 0.25) is 0 Å². The summed E-state index contributed by atoms with van der Waals surface area (Å²) in [6.07, 6.45) is 1.48. The Morgan fingerprint density at radius 3 is 2.80 bits per heavy atom. The fourth-order valence-corrected chi connectivity index (χ4v) is 2.61. The van der Waals surface area contributed by atoms with Crippen molar-refractivity contribution in [1.29, 1.82) is 0 Å². The van der Waals surface area contributed by atoms with E-state index in [2.05, 4.69) is 14.8 Å². The van der Waals surface area contributed by atoms with E-state index in [1.165, 1.54) is 37.1 Å². The first kappa shape index (κ1) is 17.1. The lowest BCUT2D eigenvalue weighted by Gasteiger charge is -2.04. The van der Waals surface area contributed by atoms with Gasteiger partial charge in [0.05, 0.1) is 30.6 Å². The number of rotatable bonds is 4. The number of hydrogen-bond donors (Lipinski definition) is 1. The van der Waals surface area contributed by atoms with Gasteiger partial charge in [-0.3, -0.25) is 4.79 Å². The number of H-pyrrole nitrogens is 1. The van der Waals surface area contributed by atoms with E-state index in [1.54, 1.807) is 6.07 Å². The van der Waals surface area contributed by atoms with Crippen molar-refractivity contribution in [2.75, 3.05) is 14.2 Å². The summed E-state index contributed by atoms with van der Waals surface area (Å²) in [6.45, 7) is 0.00589. The Balaban J connectivity index is 2.24. The standard InChI is InChI=1S/C16H13ClFN3O4/c1-24-7-9-13(16(23)25-2)20-21-6-12(19-15(22)14(9)21)8-3-4-10(17)11(18)5-8/h3-6H,7H2,1-2H3,(H,19,22). The molecule has 0 fully saturated rings. The molecule has 1 aromatic carbocycles. The van der Waals surface area contributed by atoms with Gasteiger partial charge in [0.25, 0.3) is 5.56 Å². The summed E-state index contributed by atoms with van der Waals surface area (Å²) in [4.78, 5) is 27.0. The monoisotopic (exact) mass is 365 g/mol. The van der Waals surface area contributed by atoms with Crippen LogP contribution in [0.15, 0.2) is 29.2 Å². The summed E-state index contributed by atoms with van der Waals surface area (Å²) in [6, 6.07) is 4.14. The van der Waals surface area contributed by atoms with Crippen molar-refractivity contribution >= 4 is 23.1 Å². The lowest BCUT2D eigenvalue weighted by Crippen LogP contribution is -2.12. The average molecular weight is 366 g/mol. The van der Waals surface area contributed by atoms with Gasteiger partial charge in [-0.25, -0.2) is 13.7 Å². The lowest BCUT2D eigenvalue weighted by molar-refractivity contribution is 0.0589. The molecule has 3 aromatic rings. The Labute approximate surface area is 145 Å². The van der Waals surface area contributed by atoms with E-state index in [-0.39, 0.29) is 22.8 Å². The molecule has 0 bridgehead atoms. The molecule has 0 spiro atoms. The van der Waals surface area contributed by atoms with Crippen LogP contribution in [0.2, 0.25) is 5.02 Å². The van der Waals surface area contributed by atoms with E-state index in [9.17, 15) is 14.0 Å². The number of aromatic amines is 1. The smallest absolute Gasteiger partial charge is 0.358 e. The number of hydrogen-bond acceptors (Lipinski definition) is 5. The van der Waals surface area contributed by atoms with E-state index in [1.807, 2.05) is 0 Å². The third kappa shape index (κ3) is 3.01. The zero-order chi connectivity index (χ0) is 18.1. The molecule has 9 heteroatoms. The average Bonchev–Trinajstić information content (AvgIpc) is 2.96. The molecule has 0 saturated carbocycles. The molecule has 25 heavy (non-hydrogen) atoms. The SMILES string of the molecule is COCc1c(C(=O)OC)nn2cc(-c3ccc(Cl)c(F)c3)[nH]c(=O)c12. The molecule has 2 aromatic heterocycles. The number of carbonyl (C=O) groups excluding carboxylic acids is 1. The number of aromatic nitrogens is 3. The summed E-state index contributed by atoms with van der Waals surface area (Å²) in [5.41, 5.74) is 0.668. The van der Waals surface area contributed by atoms with Gasteiger partial charge in [-0.15, -0.1) is 0 Å². The molecule has 1 N–H and O–H groups in total. The second-order valence-corrected chi connectivity index (χ2v) is 5.58. The molecule has 0 aliphatic heterocycles. The largest absolute Gasteiger partial charge is 0.464 e. The molecule has 130 valence electrons. The van der Waals surface area contributed by atoms with Crippen LogP contribution in [-0.4, -0.2) is 34.8 Å². The van der Waals surface area contributed by atoms with Crippen molar-refractivity contribution in [3.05, 3.63) is 56.8 Å². The molecule has 0 atom stereocenters. The van der Waals surface area contributed by atoms with E-state index >= 15 is 0 Å². The number of nitrogens with zero attached hydrogens (tertiary/aromatic N) is 2. The summed E-state index contributed by atoms with van der Waals surface area (Å²) < 4.78 is 24.7. The molecule has 0 unspecified atom stereocenters. The summed E-state index contributed by atoms with van der Waals surface area (Å²) in [7, 11) is 2.65. The number of ether oxygens (including phenoxy) is 2. The predicted molar refractivity (Wildman–Crippen MR) is 88.3 cm³/mol. The quantitative estimate of drug-likeness (QED) is 0.718. The number of benzene rings is 1. The van der Waals surface area contributed by atoms with Crippen molar-refractivity contribution in [3.8, 4) is 11.3 Å². The van der Waals surface area contributed by atoms with Crippen LogP contribution in [0, 0.1) is 5.82 Å². The number of nitrogens with one attached hydrogen (secondary N) is 1. The van der Waals surface area contributed by atoms with Crippen molar-refractivity contribution in [2.24, 2.45) is 0 Å². The van der Waals surface area contributed by atoms with Crippen LogP contribution in [-0.2, 0) is 16.1 Å². The zero-order valence-electron chi connectivity index (χ0n) is 13.3. The van der Waals surface area contributed by atoms with Crippen LogP contribution >= 0.6 is 11.6 Å². The fraction of sp³-hybridized carbons (Fsp3) is 0.188. The number of methoxy groups -OCH3 is 2. The minimum atomic E-state index is -0.686. The fourth-order valence-electron chi connectivity index (χ4n) is 2.49. The van der Waals surface area contributed by atoms with Gasteiger partial charge in [-0.2, -0.15) is 5.10 Å². The lowest BCUT2D eigenvalue weighted by atomic mass is 10.1. The van der Waals surface area contributed by atoms with Crippen LogP contribution in [0.25, 0.3) is 16.8 Å². The summed E-state index contributed by atoms with van der Waals surface area (Å²) >= 11 is 5.67. The molecule has 0 saturated heterocycles. The normalized spacial score (nSPS) is 11.0. The van der Waals surface area contributed by atoms with E-state index in [4.69, 9.17) is 16.3 Å². The van der Waals surface area contributed by atoms with Crippen molar-refractivity contribution in [1.82, 2.24) is 14.6 Å².